The lowest BCUT2D eigenvalue weighted by molar-refractivity contribution is -0.130. The summed E-state index contributed by atoms with van der Waals surface area (Å²) in [6, 6.07) is 13.3. The van der Waals surface area contributed by atoms with Crippen molar-refractivity contribution in [1.29, 1.82) is 0 Å². The van der Waals surface area contributed by atoms with Gasteiger partial charge in [0, 0.05) is 24.3 Å². The molecule has 33 heavy (non-hydrogen) atoms. The van der Waals surface area contributed by atoms with Gasteiger partial charge in [-0.15, -0.1) is 10.2 Å². The molecule has 1 aliphatic heterocycles. The summed E-state index contributed by atoms with van der Waals surface area (Å²) in [5.41, 5.74) is 2.07. The number of rotatable bonds is 7. The summed E-state index contributed by atoms with van der Waals surface area (Å²) in [6.07, 6.45) is 2.20. The number of anilines is 1. The molecule has 0 bridgehead atoms. The predicted molar refractivity (Wildman–Crippen MR) is 127 cm³/mol. The standard InChI is InChI=1S/C23H26N4O4S2/c1-16-5-11-20(12-6-16)33(29,30)26-19-9-7-18(8-10-19)22-24-25-23(31-22)32-15-21(28)27-13-3-4-17(2)14-27/h5-12,17,26H,3-4,13-15H2,1-2H3. The van der Waals surface area contributed by atoms with Crippen molar-refractivity contribution < 1.29 is 17.6 Å². The van der Waals surface area contributed by atoms with Gasteiger partial charge in [0.2, 0.25) is 11.8 Å². The average molecular weight is 487 g/mol. The van der Waals surface area contributed by atoms with E-state index in [1.165, 1.54) is 11.8 Å². The van der Waals surface area contributed by atoms with Gasteiger partial charge in [0.1, 0.15) is 0 Å². The van der Waals surface area contributed by atoms with Crippen molar-refractivity contribution in [1.82, 2.24) is 15.1 Å². The zero-order valence-electron chi connectivity index (χ0n) is 18.5. The molecule has 8 nitrogen and oxygen atoms in total. The predicted octanol–water partition coefficient (Wildman–Crippen LogP) is 4.20. The number of carbonyl (C=O) groups excluding carboxylic acids is 1. The van der Waals surface area contributed by atoms with E-state index >= 15 is 0 Å². The first-order valence-electron chi connectivity index (χ1n) is 10.7. The van der Waals surface area contributed by atoms with Crippen LogP contribution in [0.2, 0.25) is 0 Å². The Labute approximate surface area is 197 Å². The van der Waals surface area contributed by atoms with Crippen molar-refractivity contribution in [3.05, 3.63) is 54.1 Å². The van der Waals surface area contributed by atoms with Crippen LogP contribution in [0, 0.1) is 12.8 Å². The van der Waals surface area contributed by atoms with E-state index in [0.29, 0.717) is 28.3 Å². The van der Waals surface area contributed by atoms with E-state index in [1.807, 2.05) is 11.8 Å². The van der Waals surface area contributed by atoms with Gasteiger partial charge in [-0.05, 0) is 62.1 Å². The second-order valence-corrected chi connectivity index (χ2v) is 10.9. The summed E-state index contributed by atoms with van der Waals surface area (Å²) in [5.74, 6) is 1.18. The maximum atomic E-state index is 12.5. The number of piperidine rings is 1. The molecule has 0 radical (unpaired) electrons. The van der Waals surface area contributed by atoms with E-state index in [9.17, 15) is 13.2 Å². The molecule has 1 fully saturated rings. The highest BCUT2D eigenvalue weighted by atomic mass is 32.2. The molecule has 0 spiro atoms. The van der Waals surface area contributed by atoms with Crippen molar-refractivity contribution in [3.63, 3.8) is 0 Å². The third kappa shape index (κ3) is 5.94. The van der Waals surface area contributed by atoms with Crippen molar-refractivity contribution in [2.45, 2.75) is 36.8 Å². The monoisotopic (exact) mass is 486 g/mol. The number of amides is 1. The molecule has 0 saturated carbocycles. The molecule has 2 aromatic carbocycles. The Bertz CT molecular complexity index is 1210. The van der Waals surface area contributed by atoms with Crippen LogP contribution in [0.5, 0.6) is 0 Å². The topological polar surface area (TPSA) is 105 Å². The van der Waals surface area contributed by atoms with E-state index in [2.05, 4.69) is 21.8 Å². The summed E-state index contributed by atoms with van der Waals surface area (Å²) in [4.78, 5) is 14.5. The number of nitrogens with zero attached hydrogens (tertiary/aromatic N) is 3. The minimum Gasteiger partial charge on any atom is -0.411 e. The molecule has 1 saturated heterocycles. The number of hydrogen-bond acceptors (Lipinski definition) is 7. The Morgan fingerprint density at radius 2 is 1.88 bits per heavy atom. The number of hydrogen-bond donors (Lipinski definition) is 1. The Balaban J connectivity index is 1.35. The lowest BCUT2D eigenvalue weighted by atomic mass is 10.0. The van der Waals surface area contributed by atoms with Gasteiger partial charge in [0.25, 0.3) is 15.2 Å². The zero-order valence-corrected chi connectivity index (χ0v) is 20.2. The molecule has 4 rings (SSSR count). The Hall–Kier alpha value is -2.85. The van der Waals surface area contributed by atoms with Gasteiger partial charge in [-0.25, -0.2) is 8.42 Å². The SMILES string of the molecule is Cc1ccc(S(=O)(=O)Nc2ccc(-c3nnc(SCC(=O)N4CCCC(C)C4)o3)cc2)cc1. The molecule has 1 N–H and O–H groups in total. The molecular formula is C23H26N4O4S2. The zero-order chi connectivity index (χ0) is 23.4. The number of carbonyl (C=O) groups is 1. The second-order valence-electron chi connectivity index (χ2n) is 8.24. The molecular weight excluding hydrogens is 460 g/mol. The molecule has 3 aromatic rings. The van der Waals surface area contributed by atoms with E-state index in [-0.39, 0.29) is 16.6 Å². The van der Waals surface area contributed by atoms with Gasteiger partial charge in [-0.3, -0.25) is 9.52 Å². The lowest BCUT2D eigenvalue weighted by Gasteiger charge is -2.30. The number of thioether (sulfide) groups is 1. The van der Waals surface area contributed by atoms with E-state index in [4.69, 9.17) is 4.42 Å². The number of nitrogens with one attached hydrogen (secondary N) is 1. The van der Waals surface area contributed by atoms with Crippen LogP contribution >= 0.6 is 11.8 Å². The third-order valence-corrected chi connectivity index (χ3v) is 7.65. The minimum atomic E-state index is -3.67. The normalized spacial score (nSPS) is 16.5. The smallest absolute Gasteiger partial charge is 0.277 e. The summed E-state index contributed by atoms with van der Waals surface area (Å²) >= 11 is 1.23. The van der Waals surface area contributed by atoms with Gasteiger partial charge in [-0.2, -0.15) is 0 Å². The molecule has 174 valence electrons. The summed E-state index contributed by atoms with van der Waals surface area (Å²) in [7, 11) is -3.67. The summed E-state index contributed by atoms with van der Waals surface area (Å²) in [5, 5.41) is 8.39. The quantitative estimate of drug-likeness (QED) is 0.499. The number of likely N-dealkylation sites (tertiary alicyclic amines) is 1. The van der Waals surface area contributed by atoms with Gasteiger partial charge in [0.15, 0.2) is 0 Å². The summed E-state index contributed by atoms with van der Waals surface area (Å²) in [6.45, 7) is 5.67. The first-order chi connectivity index (χ1) is 15.8. The van der Waals surface area contributed by atoms with Crippen molar-refractivity contribution in [2.75, 3.05) is 23.6 Å². The lowest BCUT2D eigenvalue weighted by Crippen LogP contribution is -2.40. The van der Waals surface area contributed by atoms with Crippen LogP contribution in [-0.4, -0.2) is 48.3 Å². The van der Waals surface area contributed by atoms with Gasteiger partial charge < -0.3 is 9.32 Å². The fourth-order valence-corrected chi connectivity index (χ4v) is 5.35. The third-order valence-electron chi connectivity index (χ3n) is 5.45. The molecule has 1 atom stereocenters. The van der Waals surface area contributed by atoms with Crippen LogP contribution in [0.15, 0.2) is 63.1 Å². The number of aromatic nitrogens is 2. The highest BCUT2D eigenvalue weighted by Crippen LogP contribution is 2.26. The largest absolute Gasteiger partial charge is 0.411 e. The molecule has 2 heterocycles. The maximum absolute atomic E-state index is 12.5. The first kappa shape index (κ1) is 23.3. The number of benzene rings is 2. The van der Waals surface area contributed by atoms with Crippen LogP contribution in [0.1, 0.15) is 25.3 Å². The van der Waals surface area contributed by atoms with Crippen molar-refractivity contribution in [2.24, 2.45) is 5.92 Å². The van der Waals surface area contributed by atoms with Gasteiger partial charge in [0.05, 0.1) is 10.6 Å². The Morgan fingerprint density at radius 1 is 1.15 bits per heavy atom. The van der Waals surface area contributed by atoms with Gasteiger partial charge >= 0.3 is 0 Å². The second kappa shape index (κ2) is 9.96. The highest BCUT2D eigenvalue weighted by Gasteiger charge is 2.22. The van der Waals surface area contributed by atoms with Crippen LogP contribution in [0.25, 0.3) is 11.5 Å². The van der Waals surface area contributed by atoms with Gasteiger partial charge in [-0.1, -0.05) is 36.4 Å². The first-order valence-corrected chi connectivity index (χ1v) is 13.2. The van der Waals surface area contributed by atoms with Crippen molar-refractivity contribution in [3.8, 4) is 11.5 Å². The minimum absolute atomic E-state index is 0.0801. The van der Waals surface area contributed by atoms with Crippen molar-refractivity contribution >= 4 is 33.4 Å². The fourth-order valence-electron chi connectivity index (χ4n) is 3.63. The maximum Gasteiger partial charge on any atom is 0.277 e. The Kier molecular flexibility index (Phi) is 7.04. The van der Waals surface area contributed by atoms with Crippen LogP contribution < -0.4 is 4.72 Å². The molecule has 1 amide bonds. The Morgan fingerprint density at radius 3 is 2.58 bits per heavy atom. The number of aryl methyl sites for hydroxylation is 1. The molecule has 0 aliphatic carbocycles. The molecule has 1 aliphatic rings. The van der Waals surface area contributed by atoms with Crippen LogP contribution in [0.4, 0.5) is 5.69 Å². The van der Waals surface area contributed by atoms with E-state index in [0.717, 1.165) is 31.5 Å². The summed E-state index contributed by atoms with van der Waals surface area (Å²) < 4.78 is 33.3. The highest BCUT2D eigenvalue weighted by molar-refractivity contribution is 7.99. The number of sulfonamides is 1. The fraction of sp³-hybridized carbons (Fsp3) is 0.348. The molecule has 1 aromatic heterocycles. The molecule has 1 unspecified atom stereocenters. The van der Waals surface area contributed by atoms with Crippen LogP contribution in [-0.2, 0) is 14.8 Å². The molecule has 10 heteroatoms. The average Bonchev–Trinajstić information content (AvgIpc) is 3.27. The van der Waals surface area contributed by atoms with E-state index < -0.39 is 10.0 Å². The van der Waals surface area contributed by atoms with E-state index in [1.54, 1.807) is 48.5 Å². The van der Waals surface area contributed by atoms with Crippen LogP contribution in [0.3, 0.4) is 0 Å².